The van der Waals surface area contributed by atoms with Gasteiger partial charge < -0.3 is 10.2 Å². The average molecular weight is 292 g/mol. The van der Waals surface area contributed by atoms with Crippen LogP contribution in [0.4, 0.5) is 0 Å². The standard InChI is InChI=1S/C16H18ClNO2/c17-12-5-6-14-11(7-12)8-15(20-14)16(19)13-4-2-1-3-10(13)9-18/h5-8,10,13H,1-4,9,18H2. The van der Waals surface area contributed by atoms with Gasteiger partial charge >= 0.3 is 0 Å². The Labute approximate surface area is 123 Å². The van der Waals surface area contributed by atoms with E-state index in [1.165, 1.54) is 6.42 Å². The summed E-state index contributed by atoms with van der Waals surface area (Å²) in [7, 11) is 0. The van der Waals surface area contributed by atoms with Crippen LogP contribution in [0.1, 0.15) is 36.2 Å². The number of halogens is 1. The Balaban J connectivity index is 1.91. The number of fused-ring (bicyclic) bond motifs is 1. The van der Waals surface area contributed by atoms with Gasteiger partial charge in [0.25, 0.3) is 0 Å². The third-order valence-corrected chi connectivity index (χ3v) is 4.50. The second-order valence-corrected chi connectivity index (χ2v) is 5.98. The molecule has 2 unspecified atom stereocenters. The van der Waals surface area contributed by atoms with E-state index in [-0.39, 0.29) is 17.6 Å². The first-order chi connectivity index (χ1) is 9.69. The number of benzene rings is 1. The lowest BCUT2D eigenvalue weighted by molar-refractivity contribution is 0.0802. The minimum atomic E-state index is 0.00443. The highest BCUT2D eigenvalue weighted by Gasteiger charge is 2.32. The molecule has 3 nitrogen and oxygen atoms in total. The maximum Gasteiger partial charge on any atom is 0.201 e. The minimum Gasteiger partial charge on any atom is -0.453 e. The van der Waals surface area contributed by atoms with Gasteiger partial charge in [-0.25, -0.2) is 0 Å². The van der Waals surface area contributed by atoms with E-state index in [4.69, 9.17) is 21.8 Å². The molecule has 1 aliphatic carbocycles. The predicted molar refractivity (Wildman–Crippen MR) is 80.1 cm³/mol. The Kier molecular flexibility index (Phi) is 3.81. The number of furan rings is 1. The maximum atomic E-state index is 12.6. The molecule has 2 aromatic rings. The van der Waals surface area contributed by atoms with Gasteiger partial charge in [0.15, 0.2) is 5.76 Å². The molecule has 106 valence electrons. The van der Waals surface area contributed by atoms with Crippen LogP contribution in [-0.4, -0.2) is 12.3 Å². The van der Waals surface area contributed by atoms with Crippen LogP contribution in [0.5, 0.6) is 0 Å². The Morgan fingerprint density at radius 1 is 1.30 bits per heavy atom. The fourth-order valence-electron chi connectivity index (χ4n) is 3.15. The van der Waals surface area contributed by atoms with E-state index in [2.05, 4.69) is 0 Å². The van der Waals surface area contributed by atoms with E-state index in [9.17, 15) is 4.79 Å². The number of rotatable bonds is 3. The molecule has 1 aromatic heterocycles. The van der Waals surface area contributed by atoms with E-state index in [0.29, 0.717) is 22.9 Å². The molecule has 1 aromatic carbocycles. The van der Waals surface area contributed by atoms with E-state index < -0.39 is 0 Å². The Morgan fingerprint density at radius 2 is 2.10 bits per heavy atom. The van der Waals surface area contributed by atoms with Crippen molar-refractivity contribution in [3.8, 4) is 0 Å². The van der Waals surface area contributed by atoms with Crippen LogP contribution in [0.25, 0.3) is 11.0 Å². The quantitative estimate of drug-likeness (QED) is 0.869. The highest BCUT2D eigenvalue weighted by atomic mass is 35.5. The Bertz CT molecular complexity index is 634. The number of carbonyl (C=O) groups is 1. The van der Waals surface area contributed by atoms with Crippen LogP contribution in [0.3, 0.4) is 0 Å². The molecule has 3 rings (SSSR count). The van der Waals surface area contributed by atoms with Crippen molar-refractivity contribution in [1.82, 2.24) is 0 Å². The average Bonchev–Trinajstić information content (AvgIpc) is 2.89. The number of hydrogen-bond donors (Lipinski definition) is 1. The summed E-state index contributed by atoms with van der Waals surface area (Å²) in [6.45, 7) is 0.572. The summed E-state index contributed by atoms with van der Waals surface area (Å²) < 4.78 is 5.68. The van der Waals surface area contributed by atoms with Crippen molar-refractivity contribution in [2.75, 3.05) is 6.54 Å². The van der Waals surface area contributed by atoms with E-state index >= 15 is 0 Å². The summed E-state index contributed by atoms with van der Waals surface area (Å²) in [4.78, 5) is 12.6. The van der Waals surface area contributed by atoms with Gasteiger partial charge in [-0.2, -0.15) is 0 Å². The molecule has 20 heavy (non-hydrogen) atoms. The fourth-order valence-corrected chi connectivity index (χ4v) is 3.33. The van der Waals surface area contributed by atoms with Crippen molar-refractivity contribution < 1.29 is 9.21 Å². The van der Waals surface area contributed by atoms with Crippen molar-refractivity contribution in [3.63, 3.8) is 0 Å². The second-order valence-electron chi connectivity index (χ2n) is 5.54. The molecule has 0 spiro atoms. The Hall–Kier alpha value is -1.32. The lowest BCUT2D eigenvalue weighted by Gasteiger charge is -2.28. The highest BCUT2D eigenvalue weighted by Crippen LogP contribution is 2.33. The van der Waals surface area contributed by atoms with Gasteiger partial charge in [0.2, 0.25) is 5.78 Å². The summed E-state index contributed by atoms with van der Waals surface area (Å²) in [6.07, 6.45) is 4.22. The van der Waals surface area contributed by atoms with Crippen LogP contribution in [-0.2, 0) is 0 Å². The van der Waals surface area contributed by atoms with E-state index in [0.717, 1.165) is 24.6 Å². The number of Topliss-reactive ketones (excluding diaryl/α,β-unsaturated/α-hetero) is 1. The summed E-state index contributed by atoms with van der Waals surface area (Å²) >= 11 is 5.96. The minimum absolute atomic E-state index is 0.00443. The molecular formula is C16H18ClNO2. The van der Waals surface area contributed by atoms with Gasteiger partial charge in [-0.05, 0) is 49.6 Å². The molecule has 0 radical (unpaired) electrons. The number of ketones is 1. The SMILES string of the molecule is NCC1CCCCC1C(=O)c1cc2cc(Cl)ccc2o1. The third kappa shape index (κ3) is 2.48. The molecule has 0 amide bonds. The van der Waals surface area contributed by atoms with Gasteiger partial charge in [0.1, 0.15) is 5.58 Å². The zero-order chi connectivity index (χ0) is 14.1. The summed E-state index contributed by atoms with van der Waals surface area (Å²) in [5, 5.41) is 1.52. The lowest BCUT2D eigenvalue weighted by Crippen LogP contribution is -2.32. The molecule has 4 heteroatoms. The van der Waals surface area contributed by atoms with Crippen molar-refractivity contribution in [1.29, 1.82) is 0 Å². The van der Waals surface area contributed by atoms with Crippen LogP contribution in [0.15, 0.2) is 28.7 Å². The summed E-state index contributed by atoms with van der Waals surface area (Å²) in [6, 6.07) is 7.19. The molecule has 2 N–H and O–H groups in total. The zero-order valence-electron chi connectivity index (χ0n) is 11.3. The van der Waals surface area contributed by atoms with Crippen LogP contribution in [0.2, 0.25) is 5.02 Å². The highest BCUT2D eigenvalue weighted by molar-refractivity contribution is 6.31. The first-order valence-electron chi connectivity index (χ1n) is 7.12. The molecule has 1 heterocycles. The van der Waals surface area contributed by atoms with Gasteiger partial charge in [0.05, 0.1) is 0 Å². The predicted octanol–water partition coefficient (Wildman–Crippen LogP) is 4.03. The molecule has 1 saturated carbocycles. The molecule has 1 fully saturated rings. The monoisotopic (exact) mass is 291 g/mol. The number of hydrogen-bond acceptors (Lipinski definition) is 3. The first-order valence-corrected chi connectivity index (χ1v) is 7.50. The molecular weight excluding hydrogens is 274 g/mol. The Morgan fingerprint density at radius 3 is 2.90 bits per heavy atom. The van der Waals surface area contributed by atoms with E-state index in [1.807, 2.05) is 6.07 Å². The molecule has 0 saturated heterocycles. The van der Waals surface area contributed by atoms with Crippen molar-refractivity contribution in [2.24, 2.45) is 17.6 Å². The van der Waals surface area contributed by atoms with E-state index in [1.54, 1.807) is 18.2 Å². The van der Waals surface area contributed by atoms with Crippen LogP contribution in [0, 0.1) is 11.8 Å². The third-order valence-electron chi connectivity index (χ3n) is 4.27. The number of nitrogens with two attached hydrogens (primary N) is 1. The van der Waals surface area contributed by atoms with Crippen LogP contribution >= 0.6 is 11.6 Å². The first kappa shape index (κ1) is 13.7. The molecule has 0 bridgehead atoms. The second kappa shape index (κ2) is 5.58. The normalized spacial score (nSPS) is 23.1. The topological polar surface area (TPSA) is 56.2 Å². The zero-order valence-corrected chi connectivity index (χ0v) is 12.0. The fraction of sp³-hybridized carbons (Fsp3) is 0.438. The van der Waals surface area contributed by atoms with Crippen molar-refractivity contribution in [2.45, 2.75) is 25.7 Å². The smallest absolute Gasteiger partial charge is 0.201 e. The summed E-state index contributed by atoms with van der Waals surface area (Å²) in [5.41, 5.74) is 6.51. The maximum absolute atomic E-state index is 12.6. The van der Waals surface area contributed by atoms with Crippen LogP contribution < -0.4 is 5.73 Å². The van der Waals surface area contributed by atoms with Gasteiger partial charge in [-0.1, -0.05) is 24.4 Å². The van der Waals surface area contributed by atoms with Crippen molar-refractivity contribution >= 4 is 28.4 Å². The van der Waals surface area contributed by atoms with Gasteiger partial charge in [-0.3, -0.25) is 4.79 Å². The molecule has 0 aliphatic heterocycles. The van der Waals surface area contributed by atoms with Gasteiger partial charge in [0, 0.05) is 16.3 Å². The van der Waals surface area contributed by atoms with Gasteiger partial charge in [-0.15, -0.1) is 0 Å². The lowest BCUT2D eigenvalue weighted by atomic mass is 9.76. The summed E-state index contributed by atoms with van der Waals surface area (Å²) in [5.74, 6) is 0.818. The molecule has 2 atom stereocenters. The number of carbonyl (C=O) groups excluding carboxylic acids is 1. The van der Waals surface area contributed by atoms with Crippen molar-refractivity contribution in [3.05, 3.63) is 35.0 Å². The largest absolute Gasteiger partial charge is 0.453 e. The molecule has 1 aliphatic rings.